The maximum Gasteiger partial charge on any atom is 0.264 e. The molecule has 4 aromatic carbocycles. The molecule has 2 N–H and O–H groups in total. The number of amides is 1. The molecule has 0 saturated heterocycles. The standard InChI is InChI=1S/C27H24ClN3O5S2/c1-20-7-15-26(16-8-20)38(35,36)31(24-5-3-2-4-6-24)19-27(32)29-22-13-17-25(18-14-22)37(33,34)30-23-11-9-21(28)10-12-23/h2-18,30H,19H2,1H3,(H,29,32). The van der Waals surface area contributed by atoms with Gasteiger partial charge in [0.2, 0.25) is 5.91 Å². The third kappa shape index (κ3) is 6.52. The van der Waals surface area contributed by atoms with Gasteiger partial charge in [0.05, 0.1) is 15.5 Å². The molecule has 0 aliphatic carbocycles. The molecule has 0 fully saturated rings. The highest BCUT2D eigenvalue weighted by atomic mass is 35.5. The molecular formula is C27H24ClN3O5S2. The van der Waals surface area contributed by atoms with Crippen molar-refractivity contribution in [1.82, 2.24) is 0 Å². The Morgan fingerprint density at radius 1 is 0.737 bits per heavy atom. The molecule has 0 aliphatic rings. The number of halogens is 1. The Morgan fingerprint density at radius 2 is 1.29 bits per heavy atom. The molecule has 0 aromatic heterocycles. The number of hydrogen-bond donors (Lipinski definition) is 2. The molecule has 0 unspecified atom stereocenters. The van der Waals surface area contributed by atoms with Gasteiger partial charge in [-0.2, -0.15) is 0 Å². The summed E-state index contributed by atoms with van der Waals surface area (Å²) in [6.07, 6.45) is 0. The van der Waals surface area contributed by atoms with Crippen LogP contribution in [-0.2, 0) is 24.8 Å². The third-order valence-corrected chi connectivity index (χ3v) is 8.92. The van der Waals surface area contributed by atoms with E-state index in [2.05, 4.69) is 10.0 Å². The fourth-order valence-electron chi connectivity index (χ4n) is 3.53. The number of benzene rings is 4. The minimum atomic E-state index is -4.04. The second kappa shape index (κ2) is 11.3. The van der Waals surface area contributed by atoms with Gasteiger partial charge in [-0.1, -0.05) is 47.5 Å². The maximum absolute atomic E-state index is 13.4. The number of rotatable bonds is 9. The molecule has 196 valence electrons. The van der Waals surface area contributed by atoms with Crippen LogP contribution in [0.5, 0.6) is 0 Å². The SMILES string of the molecule is Cc1ccc(S(=O)(=O)N(CC(=O)Nc2ccc(S(=O)(=O)Nc3ccc(Cl)cc3)cc2)c2ccccc2)cc1. The predicted molar refractivity (Wildman–Crippen MR) is 149 cm³/mol. The number of anilines is 3. The van der Waals surface area contributed by atoms with Crippen molar-refractivity contribution in [3.63, 3.8) is 0 Å². The van der Waals surface area contributed by atoms with Crippen LogP contribution in [0.15, 0.2) is 113 Å². The Morgan fingerprint density at radius 3 is 1.89 bits per heavy atom. The summed E-state index contributed by atoms with van der Waals surface area (Å²) >= 11 is 5.84. The van der Waals surface area contributed by atoms with Gasteiger partial charge < -0.3 is 5.32 Å². The van der Waals surface area contributed by atoms with E-state index in [0.717, 1.165) is 9.87 Å². The van der Waals surface area contributed by atoms with Crippen LogP contribution in [-0.4, -0.2) is 29.3 Å². The highest BCUT2D eigenvalue weighted by Crippen LogP contribution is 2.24. The third-order valence-electron chi connectivity index (χ3n) is 5.49. The smallest absolute Gasteiger partial charge is 0.264 e. The van der Waals surface area contributed by atoms with Crippen LogP contribution >= 0.6 is 11.6 Å². The fraction of sp³-hybridized carbons (Fsp3) is 0.0741. The van der Waals surface area contributed by atoms with E-state index < -0.39 is 32.5 Å². The Hall–Kier alpha value is -3.86. The summed E-state index contributed by atoms with van der Waals surface area (Å²) in [6.45, 7) is 1.36. The molecule has 4 aromatic rings. The molecule has 0 aliphatic heterocycles. The molecule has 0 saturated carbocycles. The van der Waals surface area contributed by atoms with Crippen LogP contribution in [0.2, 0.25) is 5.02 Å². The van der Waals surface area contributed by atoms with Crippen LogP contribution in [0.1, 0.15) is 5.56 Å². The van der Waals surface area contributed by atoms with Crippen molar-refractivity contribution in [2.45, 2.75) is 16.7 Å². The van der Waals surface area contributed by atoms with Crippen molar-refractivity contribution >= 4 is 54.6 Å². The largest absolute Gasteiger partial charge is 0.325 e. The molecule has 11 heteroatoms. The number of carbonyl (C=O) groups is 1. The fourth-order valence-corrected chi connectivity index (χ4v) is 6.13. The number of carbonyl (C=O) groups excluding carboxylic acids is 1. The molecule has 4 rings (SSSR count). The first-order valence-electron chi connectivity index (χ1n) is 11.4. The Kier molecular flexibility index (Phi) is 8.05. The summed E-state index contributed by atoms with van der Waals surface area (Å²) in [5, 5.41) is 3.11. The number of para-hydroxylation sites is 1. The summed E-state index contributed by atoms with van der Waals surface area (Å²) < 4.78 is 55.7. The quantitative estimate of drug-likeness (QED) is 0.285. The number of nitrogens with zero attached hydrogens (tertiary/aromatic N) is 1. The number of sulfonamides is 2. The van der Waals surface area contributed by atoms with Crippen LogP contribution in [0.25, 0.3) is 0 Å². The second-order valence-corrected chi connectivity index (χ2v) is 12.3. The van der Waals surface area contributed by atoms with Crippen molar-refractivity contribution in [3.05, 3.63) is 114 Å². The van der Waals surface area contributed by atoms with E-state index in [1.54, 1.807) is 54.6 Å². The topological polar surface area (TPSA) is 113 Å². The molecule has 1 amide bonds. The Balaban J connectivity index is 1.50. The normalized spacial score (nSPS) is 11.5. The lowest BCUT2D eigenvalue weighted by Crippen LogP contribution is -2.38. The minimum absolute atomic E-state index is 0.0155. The van der Waals surface area contributed by atoms with Gasteiger partial charge in [-0.25, -0.2) is 16.8 Å². The monoisotopic (exact) mass is 569 g/mol. The zero-order chi connectivity index (χ0) is 27.3. The van der Waals surface area contributed by atoms with Crippen molar-refractivity contribution in [2.24, 2.45) is 0 Å². The van der Waals surface area contributed by atoms with Gasteiger partial charge in [0, 0.05) is 16.4 Å². The minimum Gasteiger partial charge on any atom is -0.325 e. The molecule has 38 heavy (non-hydrogen) atoms. The summed E-state index contributed by atoms with van der Waals surface area (Å²) in [6, 6.07) is 26.4. The summed E-state index contributed by atoms with van der Waals surface area (Å²) in [5.74, 6) is -0.598. The lowest BCUT2D eigenvalue weighted by molar-refractivity contribution is -0.114. The van der Waals surface area contributed by atoms with E-state index in [-0.39, 0.29) is 9.79 Å². The first-order chi connectivity index (χ1) is 18.0. The molecular weight excluding hydrogens is 546 g/mol. The van der Waals surface area contributed by atoms with Gasteiger partial charge in [-0.05, 0) is 79.7 Å². The second-order valence-electron chi connectivity index (χ2n) is 8.35. The van der Waals surface area contributed by atoms with Gasteiger partial charge in [0.15, 0.2) is 0 Å². The van der Waals surface area contributed by atoms with E-state index in [1.165, 1.54) is 48.5 Å². The van der Waals surface area contributed by atoms with Crippen molar-refractivity contribution in [1.29, 1.82) is 0 Å². The summed E-state index contributed by atoms with van der Waals surface area (Å²) in [7, 11) is -7.91. The molecule has 0 radical (unpaired) electrons. The molecule has 8 nitrogen and oxygen atoms in total. The van der Waals surface area contributed by atoms with Gasteiger partial charge in [-0.15, -0.1) is 0 Å². The molecule has 0 spiro atoms. The van der Waals surface area contributed by atoms with E-state index >= 15 is 0 Å². The first kappa shape index (κ1) is 27.2. The number of nitrogens with one attached hydrogen (secondary N) is 2. The van der Waals surface area contributed by atoms with Gasteiger partial charge >= 0.3 is 0 Å². The predicted octanol–water partition coefficient (Wildman–Crippen LogP) is 5.28. The average molecular weight is 570 g/mol. The highest BCUT2D eigenvalue weighted by molar-refractivity contribution is 7.93. The van der Waals surface area contributed by atoms with E-state index in [1.807, 2.05) is 6.92 Å². The lowest BCUT2D eigenvalue weighted by atomic mass is 10.2. The molecule has 0 heterocycles. The number of hydrogen-bond acceptors (Lipinski definition) is 5. The summed E-state index contributed by atoms with van der Waals surface area (Å²) in [5.41, 5.74) is 1.89. The number of aryl methyl sites for hydroxylation is 1. The molecule has 0 atom stereocenters. The zero-order valence-electron chi connectivity index (χ0n) is 20.2. The van der Waals surface area contributed by atoms with Gasteiger partial charge in [-0.3, -0.25) is 13.8 Å². The van der Waals surface area contributed by atoms with Gasteiger partial charge in [0.25, 0.3) is 20.0 Å². The zero-order valence-corrected chi connectivity index (χ0v) is 22.6. The first-order valence-corrected chi connectivity index (χ1v) is 14.7. The Labute approximate surface area is 227 Å². The van der Waals surface area contributed by atoms with Crippen LogP contribution in [0.3, 0.4) is 0 Å². The average Bonchev–Trinajstić information content (AvgIpc) is 2.89. The van der Waals surface area contributed by atoms with E-state index in [4.69, 9.17) is 11.6 Å². The van der Waals surface area contributed by atoms with Crippen LogP contribution in [0.4, 0.5) is 17.1 Å². The van der Waals surface area contributed by atoms with Crippen molar-refractivity contribution in [3.8, 4) is 0 Å². The maximum atomic E-state index is 13.4. The van der Waals surface area contributed by atoms with Gasteiger partial charge in [0.1, 0.15) is 6.54 Å². The van der Waals surface area contributed by atoms with Crippen molar-refractivity contribution < 1.29 is 21.6 Å². The van der Waals surface area contributed by atoms with Crippen LogP contribution in [0, 0.1) is 6.92 Å². The summed E-state index contributed by atoms with van der Waals surface area (Å²) in [4.78, 5) is 13.0. The van der Waals surface area contributed by atoms with E-state index in [9.17, 15) is 21.6 Å². The van der Waals surface area contributed by atoms with Crippen molar-refractivity contribution in [2.75, 3.05) is 20.9 Å². The van der Waals surface area contributed by atoms with Crippen LogP contribution < -0.4 is 14.3 Å². The highest BCUT2D eigenvalue weighted by Gasteiger charge is 2.27. The van der Waals surface area contributed by atoms with E-state index in [0.29, 0.717) is 22.1 Å². The Bertz CT molecular complexity index is 1630. The lowest BCUT2D eigenvalue weighted by Gasteiger charge is -2.24. The molecule has 0 bridgehead atoms.